The number of anilines is 1. The average molecular weight is 365 g/mol. The van der Waals surface area contributed by atoms with E-state index < -0.39 is 10.0 Å². The van der Waals surface area contributed by atoms with E-state index in [1.54, 1.807) is 42.5 Å². The van der Waals surface area contributed by atoms with Gasteiger partial charge >= 0.3 is 5.69 Å². The first-order chi connectivity index (χ1) is 12.5. The van der Waals surface area contributed by atoms with Gasteiger partial charge in [0.05, 0.1) is 21.6 Å². The van der Waals surface area contributed by atoms with E-state index in [2.05, 4.69) is 14.7 Å². The van der Waals surface area contributed by atoms with Crippen LogP contribution < -0.4 is 10.4 Å². The molecular formula is C19H15N3O3S. The lowest BCUT2D eigenvalue weighted by Gasteiger charge is -2.09. The van der Waals surface area contributed by atoms with Crippen molar-refractivity contribution in [2.75, 3.05) is 4.72 Å². The van der Waals surface area contributed by atoms with Gasteiger partial charge in [-0.1, -0.05) is 42.5 Å². The predicted octanol–water partition coefficient (Wildman–Crippen LogP) is 3.32. The first kappa shape index (κ1) is 16.2. The molecule has 4 rings (SSSR count). The molecule has 0 bridgehead atoms. The topological polar surface area (TPSA) is 94.8 Å². The van der Waals surface area contributed by atoms with E-state index in [1.165, 1.54) is 0 Å². The molecule has 0 aliphatic carbocycles. The second kappa shape index (κ2) is 6.20. The third-order valence-corrected chi connectivity index (χ3v) is 5.44. The molecule has 1 aromatic heterocycles. The largest absolute Gasteiger partial charge is 0.323 e. The summed E-state index contributed by atoms with van der Waals surface area (Å²) in [7, 11) is -3.73. The molecule has 0 aliphatic heterocycles. The van der Waals surface area contributed by atoms with E-state index in [1.807, 2.05) is 30.3 Å². The minimum absolute atomic E-state index is 0.167. The first-order valence-electron chi connectivity index (χ1n) is 7.92. The van der Waals surface area contributed by atoms with Crippen LogP contribution >= 0.6 is 0 Å². The number of hydrogen-bond acceptors (Lipinski definition) is 3. The molecule has 0 radical (unpaired) electrons. The Morgan fingerprint density at radius 2 is 1.38 bits per heavy atom. The number of H-pyrrole nitrogens is 2. The zero-order chi connectivity index (χ0) is 18.1. The van der Waals surface area contributed by atoms with Crippen molar-refractivity contribution in [3.63, 3.8) is 0 Å². The fourth-order valence-corrected chi connectivity index (χ4v) is 3.82. The van der Waals surface area contributed by atoms with Gasteiger partial charge in [-0.3, -0.25) is 4.72 Å². The standard InChI is InChI=1S/C19H15N3O3S/c23-19-20-17-11-8-15(12-18(17)21-19)22-26(24,25)16-9-6-14(7-10-16)13-4-2-1-3-5-13/h1-12,22H,(H2,20,21,23). The van der Waals surface area contributed by atoms with Gasteiger partial charge in [-0.15, -0.1) is 0 Å². The minimum Gasteiger partial charge on any atom is -0.306 e. The van der Waals surface area contributed by atoms with Crippen molar-refractivity contribution in [2.24, 2.45) is 0 Å². The lowest BCUT2D eigenvalue weighted by molar-refractivity contribution is 0.601. The number of aromatic nitrogens is 2. The normalized spacial score (nSPS) is 11.5. The molecule has 0 spiro atoms. The van der Waals surface area contributed by atoms with Crippen molar-refractivity contribution >= 4 is 26.7 Å². The molecule has 26 heavy (non-hydrogen) atoms. The van der Waals surface area contributed by atoms with Gasteiger partial charge in [0.2, 0.25) is 0 Å². The summed E-state index contributed by atoms with van der Waals surface area (Å²) in [5.74, 6) is 0. The van der Waals surface area contributed by atoms with Crippen molar-refractivity contribution in [3.05, 3.63) is 83.3 Å². The van der Waals surface area contributed by atoms with E-state index in [0.29, 0.717) is 16.7 Å². The molecule has 0 fully saturated rings. The van der Waals surface area contributed by atoms with Gasteiger partial charge < -0.3 is 9.97 Å². The lowest BCUT2D eigenvalue weighted by atomic mass is 10.1. The molecule has 0 amide bonds. The summed E-state index contributed by atoms with van der Waals surface area (Å²) < 4.78 is 27.7. The number of imidazole rings is 1. The fourth-order valence-electron chi connectivity index (χ4n) is 2.77. The molecule has 4 aromatic rings. The minimum atomic E-state index is -3.73. The van der Waals surface area contributed by atoms with Crippen LogP contribution in [0.1, 0.15) is 0 Å². The van der Waals surface area contributed by atoms with Crippen molar-refractivity contribution in [2.45, 2.75) is 4.90 Å². The highest BCUT2D eigenvalue weighted by molar-refractivity contribution is 7.92. The van der Waals surface area contributed by atoms with Crippen LogP contribution in [0.2, 0.25) is 0 Å². The summed E-state index contributed by atoms with van der Waals surface area (Å²) in [5.41, 5.74) is 3.15. The van der Waals surface area contributed by atoms with Gasteiger partial charge in [0, 0.05) is 0 Å². The maximum Gasteiger partial charge on any atom is 0.323 e. The van der Waals surface area contributed by atoms with Crippen molar-refractivity contribution in [3.8, 4) is 11.1 Å². The van der Waals surface area contributed by atoms with Gasteiger partial charge in [-0.2, -0.15) is 0 Å². The van der Waals surface area contributed by atoms with Gasteiger partial charge in [-0.25, -0.2) is 13.2 Å². The highest BCUT2D eigenvalue weighted by atomic mass is 32.2. The maximum absolute atomic E-state index is 12.6. The quantitative estimate of drug-likeness (QED) is 0.518. The average Bonchev–Trinajstić information content (AvgIpc) is 3.01. The molecular weight excluding hydrogens is 350 g/mol. The Balaban J connectivity index is 1.62. The summed E-state index contributed by atoms with van der Waals surface area (Å²) >= 11 is 0. The van der Waals surface area contributed by atoms with E-state index in [0.717, 1.165) is 11.1 Å². The molecule has 1 heterocycles. The number of sulfonamides is 1. The third-order valence-electron chi connectivity index (χ3n) is 4.04. The summed E-state index contributed by atoms with van der Waals surface area (Å²) in [4.78, 5) is 16.7. The Bertz CT molecular complexity index is 1220. The molecule has 3 N–H and O–H groups in total. The zero-order valence-corrected chi connectivity index (χ0v) is 14.4. The number of fused-ring (bicyclic) bond motifs is 1. The molecule has 0 atom stereocenters. The van der Waals surface area contributed by atoms with Crippen LogP contribution in [-0.4, -0.2) is 18.4 Å². The van der Waals surface area contributed by atoms with Gasteiger partial charge in [-0.05, 0) is 41.5 Å². The monoisotopic (exact) mass is 365 g/mol. The smallest absolute Gasteiger partial charge is 0.306 e. The summed E-state index contributed by atoms with van der Waals surface area (Å²) in [6.45, 7) is 0. The van der Waals surface area contributed by atoms with Crippen molar-refractivity contribution in [1.29, 1.82) is 0 Å². The van der Waals surface area contributed by atoms with Crippen LogP contribution in [0.5, 0.6) is 0 Å². The molecule has 0 saturated carbocycles. The van der Waals surface area contributed by atoms with Crippen LogP contribution in [-0.2, 0) is 10.0 Å². The Morgan fingerprint density at radius 1 is 0.731 bits per heavy atom. The number of hydrogen-bond donors (Lipinski definition) is 3. The molecule has 7 heteroatoms. The van der Waals surface area contributed by atoms with Crippen LogP contribution in [0, 0.1) is 0 Å². The predicted molar refractivity (Wildman–Crippen MR) is 102 cm³/mol. The summed E-state index contributed by atoms with van der Waals surface area (Å²) in [6.07, 6.45) is 0. The highest BCUT2D eigenvalue weighted by Crippen LogP contribution is 2.23. The molecule has 0 unspecified atom stereocenters. The van der Waals surface area contributed by atoms with Crippen LogP contribution in [0.4, 0.5) is 5.69 Å². The van der Waals surface area contributed by atoms with Gasteiger partial charge in [0.1, 0.15) is 0 Å². The van der Waals surface area contributed by atoms with Crippen LogP contribution in [0.3, 0.4) is 0 Å². The Labute approximate surface area is 149 Å². The van der Waals surface area contributed by atoms with E-state index in [9.17, 15) is 13.2 Å². The number of rotatable bonds is 4. The Hall–Kier alpha value is -3.32. The van der Waals surface area contributed by atoms with Crippen molar-refractivity contribution < 1.29 is 8.42 Å². The molecule has 3 aromatic carbocycles. The number of nitrogens with one attached hydrogen (secondary N) is 3. The van der Waals surface area contributed by atoms with E-state index in [-0.39, 0.29) is 10.6 Å². The van der Waals surface area contributed by atoms with Crippen molar-refractivity contribution in [1.82, 2.24) is 9.97 Å². The van der Waals surface area contributed by atoms with E-state index >= 15 is 0 Å². The van der Waals surface area contributed by atoms with Gasteiger partial charge in [0.15, 0.2) is 0 Å². The first-order valence-corrected chi connectivity index (χ1v) is 9.40. The fraction of sp³-hybridized carbons (Fsp3) is 0. The number of aromatic amines is 2. The molecule has 0 aliphatic rings. The highest BCUT2D eigenvalue weighted by Gasteiger charge is 2.14. The summed E-state index contributed by atoms with van der Waals surface area (Å²) in [5, 5.41) is 0. The Morgan fingerprint density at radius 3 is 2.12 bits per heavy atom. The SMILES string of the molecule is O=c1[nH]c2ccc(NS(=O)(=O)c3ccc(-c4ccccc4)cc3)cc2[nH]1. The number of benzene rings is 3. The third kappa shape index (κ3) is 3.12. The maximum atomic E-state index is 12.6. The van der Waals surface area contributed by atoms with Crippen LogP contribution in [0.25, 0.3) is 22.2 Å². The second-order valence-corrected chi connectivity index (χ2v) is 7.52. The van der Waals surface area contributed by atoms with Crippen LogP contribution in [0.15, 0.2) is 82.5 Å². The molecule has 130 valence electrons. The Kier molecular flexibility index (Phi) is 3.85. The van der Waals surface area contributed by atoms with Gasteiger partial charge in [0.25, 0.3) is 10.0 Å². The zero-order valence-electron chi connectivity index (χ0n) is 13.6. The molecule has 0 saturated heterocycles. The molecule has 6 nitrogen and oxygen atoms in total. The summed E-state index contributed by atoms with van der Waals surface area (Å²) in [6, 6.07) is 21.2. The van der Waals surface area contributed by atoms with E-state index in [4.69, 9.17) is 0 Å². The lowest BCUT2D eigenvalue weighted by Crippen LogP contribution is -2.12. The second-order valence-electron chi connectivity index (χ2n) is 5.84.